The summed E-state index contributed by atoms with van der Waals surface area (Å²) in [7, 11) is 1.37. The fourth-order valence-electron chi connectivity index (χ4n) is 3.15. The van der Waals surface area contributed by atoms with Crippen LogP contribution >= 0.6 is 0 Å². The van der Waals surface area contributed by atoms with Gasteiger partial charge in [0.1, 0.15) is 6.10 Å². The number of esters is 1. The zero-order chi connectivity index (χ0) is 21.1. The minimum atomic E-state index is -1.05. The first-order chi connectivity index (χ1) is 14.1. The Morgan fingerprint density at radius 3 is 2.69 bits per heavy atom. The van der Waals surface area contributed by atoms with Gasteiger partial charge >= 0.3 is 5.97 Å². The zero-order valence-electron chi connectivity index (χ0n) is 16.8. The highest BCUT2D eigenvalue weighted by molar-refractivity contribution is 5.68. The summed E-state index contributed by atoms with van der Waals surface area (Å²) in [6.07, 6.45) is -0.518. The second kappa shape index (κ2) is 12.4. The molecule has 9 nitrogen and oxygen atoms in total. The lowest BCUT2D eigenvalue weighted by Gasteiger charge is -2.41. The molecular formula is C20H29N3O6. The molecule has 1 saturated heterocycles. The van der Waals surface area contributed by atoms with Crippen molar-refractivity contribution in [2.75, 3.05) is 13.7 Å². The summed E-state index contributed by atoms with van der Waals surface area (Å²) in [6, 6.07) is 8.79. The molecule has 0 aliphatic carbocycles. The van der Waals surface area contributed by atoms with E-state index in [2.05, 4.69) is 14.8 Å². The lowest BCUT2D eigenvalue weighted by atomic mass is 9.97. The van der Waals surface area contributed by atoms with Crippen LogP contribution in [0, 0.1) is 0 Å². The van der Waals surface area contributed by atoms with Crippen LogP contribution < -0.4 is 0 Å². The molecule has 5 atom stereocenters. The molecule has 1 aromatic rings. The lowest BCUT2D eigenvalue weighted by Crippen LogP contribution is -2.57. The van der Waals surface area contributed by atoms with Crippen molar-refractivity contribution < 1.29 is 28.8 Å². The van der Waals surface area contributed by atoms with E-state index in [1.807, 2.05) is 30.3 Å². The van der Waals surface area contributed by atoms with E-state index in [9.17, 15) is 9.90 Å². The second-order valence-corrected chi connectivity index (χ2v) is 6.91. The number of aliphatic hydroxyl groups is 1. The van der Waals surface area contributed by atoms with E-state index in [4.69, 9.17) is 19.7 Å². The van der Waals surface area contributed by atoms with Crippen LogP contribution in [0.5, 0.6) is 0 Å². The Labute approximate surface area is 170 Å². The predicted molar refractivity (Wildman–Crippen MR) is 105 cm³/mol. The molecule has 1 fully saturated rings. The van der Waals surface area contributed by atoms with Gasteiger partial charge in [0, 0.05) is 17.9 Å². The number of unbranched alkanes of at least 4 members (excludes halogenated alkanes) is 2. The van der Waals surface area contributed by atoms with Gasteiger partial charge in [-0.3, -0.25) is 4.79 Å². The largest absolute Gasteiger partial charge is 0.469 e. The molecule has 0 spiro atoms. The van der Waals surface area contributed by atoms with Gasteiger partial charge in [-0.15, -0.1) is 0 Å². The van der Waals surface area contributed by atoms with Crippen molar-refractivity contribution in [2.45, 2.75) is 69.9 Å². The average molecular weight is 407 g/mol. The third-order valence-corrected chi connectivity index (χ3v) is 4.79. The number of benzene rings is 1. The van der Waals surface area contributed by atoms with Crippen molar-refractivity contribution >= 4 is 5.97 Å². The van der Waals surface area contributed by atoms with Crippen LogP contribution in [0.2, 0.25) is 0 Å². The number of hydrogen-bond donors (Lipinski definition) is 1. The van der Waals surface area contributed by atoms with Crippen LogP contribution in [-0.4, -0.2) is 55.4 Å². The van der Waals surface area contributed by atoms with Crippen LogP contribution in [0.3, 0.4) is 0 Å². The maximum absolute atomic E-state index is 11.1. The molecule has 0 unspecified atom stereocenters. The minimum absolute atomic E-state index is 0.225. The van der Waals surface area contributed by atoms with Gasteiger partial charge in [-0.25, -0.2) is 0 Å². The second-order valence-electron chi connectivity index (χ2n) is 6.91. The van der Waals surface area contributed by atoms with Gasteiger partial charge in [0.25, 0.3) is 0 Å². The number of aliphatic hydroxyl groups excluding tert-OH is 1. The first-order valence-corrected chi connectivity index (χ1v) is 9.78. The van der Waals surface area contributed by atoms with Crippen LogP contribution in [0.15, 0.2) is 35.4 Å². The maximum atomic E-state index is 11.1. The maximum Gasteiger partial charge on any atom is 0.305 e. The highest BCUT2D eigenvalue weighted by Crippen LogP contribution is 2.27. The molecule has 1 heterocycles. The Kier molecular flexibility index (Phi) is 9.90. The van der Waals surface area contributed by atoms with Crippen molar-refractivity contribution in [3.8, 4) is 0 Å². The molecule has 0 aromatic heterocycles. The van der Waals surface area contributed by atoms with E-state index in [0.717, 1.165) is 18.4 Å². The molecule has 0 amide bonds. The summed E-state index contributed by atoms with van der Waals surface area (Å²) >= 11 is 0. The Bertz CT molecular complexity index is 667. The summed E-state index contributed by atoms with van der Waals surface area (Å²) in [6.45, 7) is 2.38. The van der Waals surface area contributed by atoms with E-state index >= 15 is 0 Å². The highest BCUT2D eigenvalue weighted by Gasteiger charge is 2.44. The van der Waals surface area contributed by atoms with E-state index < -0.39 is 30.6 Å². The molecule has 1 N–H and O–H groups in total. The van der Waals surface area contributed by atoms with Crippen LogP contribution in [0.1, 0.15) is 38.2 Å². The number of ether oxygens (including phenoxy) is 4. The molecule has 1 aliphatic heterocycles. The lowest BCUT2D eigenvalue weighted by molar-refractivity contribution is -0.282. The molecule has 0 radical (unpaired) electrons. The first kappa shape index (κ1) is 23.1. The number of hydrogen-bond acceptors (Lipinski definition) is 7. The third kappa shape index (κ3) is 7.30. The Morgan fingerprint density at radius 1 is 1.24 bits per heavy atom. The molecule has 1 aliphatic rings. The van der Waals surface area contributed by atoms with Gasteiger partial charge in [-0.2, -0.15) is 0 Å². The zero-order valence-corrected chi connectivity index (χ0v) is 16.8. The third-order valence-electron chi connectivity index (χ3n) is 4.79. The van der Waals surface area contributed by atoms with E-state index in [1.165, 1.54) is 7.11 Å². The van der Waals surface area contributed by atoms with Crippen molar-refractivity contribution in [1.82, 2.24) is 0 Å². The van der Waals surface area contributed by atoms with Crippen LogP contribution in [0.4, 0.5) is 0 Å². The number of nitrogens with zero attached hydrogens (tertiary/aromatic N) is 3. The van der Waals surface area contributed by atoms with Gasteiger partial charge in [0.2, 0.25) is 0 Å². The number of carbonyl (C=O) groups is 1. The van der Waals surface area contributed by atoms with Crippen molar-refractivity contribution in [2.24, 2.45) is 5.11 Å². The molecule has 2 rings (SSSR count). The normalized spacial score (nSPS) is 26.5. The van der Waals surface area contributed by atoms with Crippen molar-refractivity contribution in [3.05, 3.63) is 46.3 Å². The summed E-state index contributed by atoms with van der Waals surface area (Å²) in [5.74, 6) is -0.225. The molecule has 9 heteroatoms. The summed E-state index contributed by atoms with van der Waals surface area (Å²) < 4.78 is 22.2. The van der Waals surface area contributed by atoms with Crippen molar-refractivity contribution in [1.29, 1.82) is 0 Å². The van der Waals surface area contributed by atoms with E-state index in [0.29, 0.717) is 19.4 Å². The Hall–Kier alpha value is -2.16. The molecule has 0 saturated carbocycles. The predicted octanol–water partition coefficient (Wildman–Crippen LogP) is 3.11. The van der Waals surface area contributed by atoms with Gasteiger partial charge < -0.3 is 24.1 Å². The standard InChI is InChI=1S/C20H29N3O6/c1-14-17(22-23-21)18(25)19(28-13-15-9-5-3-6-10-15)20(29-14)27-12-8-4-7-11-16(24)26-2/h3,5-6,9-10,14,17-20,25H,4,7-8,11-13H2,1-2H3/t14-,17-,18+,19+,20+/m1/s1. The van der Waals surface area contributed by atoms with Gasteiger partial charge in [0.15, 0.2) is 6.29 Å². The Balaban J connectivity index is 1.91. The fraction of sp³-hybridized carbons (Fsp3) is 0.650. The van der Waals surface area contributed by atoms with E-state index in [-0.39, 0.29) is 12.6 Å². The smallest absolute Gasteiger partial charge is 0.305 e. The summed E-state index contributed by atoms with van der Waals surface area (Å²) in [4.78, 5) is 13.9. The molecule has 29 heavy (non-hydrogen) atoms. The quantitative estimate of drug-likeness (QED) is 0.198. The molecule has 160 valence electrons. The first-order valence-electron chi connectivity index (χ1n) is 9.78. The molecule has 1 aromatic carbocycles. The fourth-order valence-corrected chi connectivity index (χ4v) is 3.15. The average Bonchev–Trinajstić information content (AvgIpc) is 2.73. The van der Waals surface area contributed by atoms with Gasteiger partial charge in [0.05, 0.1) is 32.0 Å². The highest BCUT2D eigenvalue weighted by atomic mass is 16.7. The number of rotatable bonds is 11. The minimum Gasteiger partial charge on any atom is -0.469 e. The molecular weight excluding hydrogens is 378 g/mol. The monoisotopic (exact) mass is 407 g/mol. The van der Waals surface area contributed by atoms with Gasteiger partial charge in [-0.1, -0.05) is 41.9 Å². The van der Waals surface area contributed by atoms with Gasteiger partial charge in [-0.05, 0) is 30.9 Å². The van der Waals surface area contributed by atoms with Crippen molar-refractivity contribution in [3.63, 3.8) is 0 Å². The topological polar surface area (TPSA) is 123 Å². The van der Waals surface area contributed by atoms with E-state index in [1.54, 1.807) is 6.92 Å². The SMILES string of the molecule is COC(=O)CCCCCO[C@H]1O[C@H](C)[C@@H](N=[N+]=[N-])[C@H](O)[C@@H]1OCc1ccccc1. The summed E-state index contributed by atoms with van der Waals surface area (Å²) in [5, 5.41) is 14.4. The van der Waals surface area contributed by atoms with Crippen LogP contribution in [0.25, 0.3) is 10.4 Å². The van der Waals surface area contributed by atoms with Crippen LogP contribution in [-0.2, 0) is 30.3 Å². The summed E-state index contributed by atoms with van der Waals surface area (Å²) in [5.41, 5.74) is 9.73. The number of azide groups is 1. The molecule has 0 bridgehead atoms. The Morgan fingerprint density at radius 2 is 2.00 bits per heavy atom. The number of carbonyl (C=O) groups excluding carboxylic acids is 1. The number of methoxy groups -OCH3 is 1.